The van der Waals surface area contributed by atoms with Gasteiger partial charge in [-0.15, -0.1) is 0 Å². The van der Waals surface area contributed by atoms with E-state index in [1.54, 1.807) is 18.2 Å². The number of aromatic carboxylic acids is 1. The molecule has 1 heterocycles. The minimum Gasteiger partial charge on any atom is -0.506 e. The SMILES string of the molecule is Nc1cc(C(=O)O)nn1-c1ccccc1O. The van der Waals surface area contributed by atoms with E-state index in [1.807, 2.05) is 0 Å². The number of aromatic nitrogens is 2. The van der Waals surface area contributed by atoms with Crippen molar-refractivity contribution in [3.8, 4) is 11.4 Å². The molecule has 2 aromatic rings. The Morgan fingerprint density at radius 2 is 2.06 bits per heavy atom. The molecular weight excluding hydrogens is 210 g/mol. The molecule has 0 bridgehead atoms. The van der Waals surface area contributed by atoms with Crippen molar-refractivity contribution in [2.24, 2.45) is 0 Å². The number of benzene rings is 1. The quantitative estimate of drug-likeness (QED) is 0.695. The number of nitrogen functional groups attached to an aromatic ring is 1. The van der Waals surface area contributed by atoms with Crippen LogP contribution in [0.3, 0.4) is 0 Å². The zero-order valence-electron chi connectivity index (χ0n) is 8.16. The van der Waals surface area contributed by atoms with E-state index in [0.717, 1.165) is 0 Å². The highest BCUT2D eigenvalue weighted by molar-refractivity contribution is 5.86. The van der Waals surface area contributed by atoms with Crippen LogP contribution in [0.4, 0.5) is 5.82 Å². The van der Waals surface area contributed by atoms with E-state index in [4.69, 9.17) is 10.8 Å². The average molecular weight is 219 g/mol. The van der Waals surface area contributed by atoms with Crippen molar-refractivity contribution < 1.29 is 15.0 Å². The number of anilines is 1. The summed E-state index contributed by atoms with van der Waals surface area (Å²) < 4.78 is 1.18. The molecule has 1 aromatic carbocycles. The maximum atomic E-state index is 10.7. The van der Waals surface area contributed by atoms with E-state index in [1.165, 1.54) is 16.8 Å². The molecule has 0 radical (unpaired) electrons. The Balaban J connectivity index is 2.57. The zero-order chi connectivity index (χ0) is 11.7. The molecule has 16 heavy (non-hydrogen) atoms. The molecule has 6 heteroatoms. The fourth-order valence-corrected chi connectivity index (χ4v) is 1.34. The Kier molecular flexibility index (Phi) is 2.24. The van der Waals surface area contributed by atoms with Crippen molar-refractivity contribution >= 4 is 11.8 Å². The molecule has 0 amide bonds. The number of hydrogen-bond donors (Lipinski definition) is 3. The predicted molar refractivity (Wildman–Crippen MR) is 56.6 cm³/mol. The van der Waals surface area contributed by atoms with Crippen LogP contribution < -0.4 is 5.73 Å². The second kappa shape index (κ2) is 3.58. The minimum absolute atomic E-state index is 0.0192. The van der Waals surface area contributed by atoms with Crippen LogP contribution in [0.2, 0.25) is 0 Å². The Morgan fingerprint density at radius 1 is 1.38 bits per heavy atom. The second-order valence-corrected chi connectivity index (χ2v) is 3.16. The summed E-state index contributed by atoms with van der Waals surface area (Å²) in [5, 5.41) is 22.1. The van der Waals surface area contributed by atoms with Gasteiger partial charge in [0.2, 0.25) is 0 Å². The van der Waals surface area contributed by atoms with Gasteiger partial charge in [-0.05, 0) is 12.1 Å². The van der Waals surface area contributed by atoms with Gasteiger partial charge in [0.05, 0.1) is 0 Å². The van der Waals surface area contributed by atoms with Crippen LogP contribution in [-0.4, -0.2) is 26.0 Å². The fourth-order valence-electron chi connectivity index (χ4n) is 1.34. The number of para-hydroxylation sites is 2. The van der Waals surface area contributed by atoms with Gasteiger partial charge >= 0.3 is 5.97 Å². The van der Waals surface area contributed by atoms with Crippen molar-refractivity contribution in [3.63, 3.8) is 0 Å². The Labute approximate surface area is 90.6 Å². The smallest absolute Gasteiger partial charge is 0.356 e. The van der Waals surface area contributed by atoms with Crippen LogP contribution in [0, 0.1) is 0 Å². The van der Waals surface area contributed by atoms with Gasteiger partial charge in [0.15, 0.2) is 5.69 Å². The lowest BCUT2D eigenvalue weighted by atomic mass is 10.3. The lowest BCUT2D eigenvalue weighted by molar-refractivity contribution is 0.0690. The molecule has 0 unspecified atom stereocenters. The third-order valence-corrected chi connectivity index (χ3v) is 2.07. The molecule has 82 valence electrons. The third kappa shape index (κ3) is 1.56. The van der Waals surface area contributed by atoms with E-state index in [0.29, 0.717) is 5.69 Å². The van der Waals surface area contributed by atoms with Crippen molar-refractivity contribution in [2.75, 3.05) is 5.73 Å². The molecule has 1 aromatic heterocycles. The molecule has 0 aliphatic carbocycles. The number of hydrogen-bond acceptors (Lipinski definition) is 4. The predicted octanol–water partition coefficient (Wildman–Crippen LogP) is 0.858. The number of nitrogens with zero attached hydrogens (tertiary/aromatic N) is 2. The highest BCUT2D eigenvalue weighted by atomic mass is 16.4. The number of aromatic hydroxyl groups is 1. The highest BCUT2D eigenvalue weighted by Crippen LogP contribution is 2.23. The number of phenols is 1. The first kappa shape index (κ1) is 10.0. The van der Waals surface area contributed by atoms with E-state index >= 15 is 0 Å². The zero-order valence-corrected chi connectivity index (χ0v) is 8.16. The van der Waals surface area contributed by atoms with E-state index < -0.39 is 5.97 Å². The maximum Gasteiger partial charge on any atom is 0.356 e. The number of phenolic OH excluding ortho intramolecular Hbond substituents is 1. The monoisotopic (exact) mass is 219 g/mol. The van der Waals surface area contributed by atoms with E-state index in [-0.39, 0.29) is 17.3 Å². The summed E-state index contributed by atoms with van der Waals surface area (Å²) in [7, 11) is 0. The summed E-state index contributed by atoms with van der Waals surface area (Å²) in [6, 6.07) is 7.63. The van der Waals surface area contributed by atoms with Gasteiger partial charge in [0, 0.05) is 6.07 Å². The summed E-state index contributed by atoms with van der Waals surface area (Å²) in [6.45, 7) is 0. The Bertz CT molecular complexity index is 548. The van der Waals surface area contributed by atoms with Crippen LogP contribution in [0.1, 0.15) is 10.5 Å². The summed E-state index contributed by atoms with van der Waals surface area (Å²) in [4.78, 5) is 10.7. The van der Waals surface area contributed by atoms with Crippen LogP contribution in [-0.2, 0) is 0 Å². The topological polar surface area (TPSA) is 101 Å². The molecule has 0 saturated heterocycles. The maximum absolute atomic E-state index is 10.7. The molecule has 0 aliphatic rings. The average Bonchev–Trinajstić information content (AvgIpc) is 2.61. The molecule has 0 atom stereocenters. The highest BCUT2D eigenvalue weighted by Gasteiger charge is 2.13. The summed E-state index contributed by atoms with van der Waals surface area (Å²) in [6.07, 6.45) is 0. The second-order valence-electron chi connectivity index (χ2n) is 3.16. The van der Waals surface area contributed by atoms with Crippen molar-refractivity contribution in [2.45, 2.75) is 0 Å². The minimum atomic E-state index is -1.17. The van der Waals surface area contributed by atoms with Crippen molar-refractivity contribution in [1.82, 2.24) is 9.78 Å². The van der Waals surface area contributed by atoms with Gasteiger partial charge in [-0.3, -0.25) is 0 Å². The fraction of sp³-hybridized carbons (Fsp3) is 0. The molecule has 0 saturated carbocycles. The van der Waals surface area contributed by atoms with Gasteiger partial charge in [0.25, 0.3) is 0 Å². The first-order chi connectivity index (χ1) is 7.59. The Morgan fingerprint density at radius 3 is 2.62 bits per heavy atom. The molecule has 4 N–H and O–H groups in total. The van der Waals surface area contributed by atoms with Gasteiger partial charge in [0.1, 0.15) is 17.3 Å². The standard InChI is InChI=1S/C10H9N3O3/c11-9-5-6(10(15)16)12-13(9)7-3-1-2-4-8(7)14/h1-5,14H,11H2,(H,15,16). The lowest BCUT2D eigenvalue weighted by Crippen LogP contribution is -2.03. The molecule has 2 rings (SSSR count). The van der Waals surface area contributed by atoms with Crippen LogP contribution in [0.25, 0.3) is 5.69 Å². The summed E-state index contributed by atoms with van der Waals surface area (Å²) in [5.74, 6) is -1.03. The van der Waals surface area contributed by atoms with Crippen LogP contribution in [0.15, 0.2) is 30.3 Å². The number of rotatable bonds is 2. The van der Waals surface area contributed by atoms with Gasteiger partial charge < -0.3 is 15.9 Å². The largest absolute Gasteiger partial charge is 0.506 e. The molecule has 6 nitrogen and oxygen atoms in total. The normalized spacial score (nSPS) is 10.2. The van der Waals surface area contributed by atoms with Gasteiger partial charge in [-0.25, -0.2) is 9.48 Å². The van der Waals surface area contributed by atoms with Crippen molar-refractivity contribution in [1.29, 1.82) is 0 Å². The number of carbonyl (C=O) groups is 1. The van der Waals surface area contributed by atoms with Crippen molar-refractivity contribution in [3.05, 3.63) is 36.0 Å². The molecule has 0 aliphatic heterocycles. The van der Waals surface area contributed by atoms with E-state index in [9.17, 15) is 9.90 Å². The van der Waals surface area contributed by atoms with Gasteiger partial charge in [-0.2, -0.15) is 5.10 Å². The summed E-state index contributed by atoms with van der Waals surface area (Å²) in [5.41, 5.74) is 5.78. The first-order valence-electron chi connectivity index (χ1n) is 4.47. The third-order valence-electron chi connectivity index (χ3n) is 2.07. The lowest BCUT2D eigenvalue weighted by Gasteiger charge is -2.05. The van der Waals surface area contributed by atoms with Crippen LogP contribution in [0.5, 0.6) is 5.75 Å². The molecule has 0 fully saturated rings. The first-order valence-corrected chi connectivity index (χ1v) is 4.47. The summed E-state index contributed by atoms with van der Waals surface area (Å²) >= 11 is 0. The Hall–Kier alpha value is -2.50. The molecular formula is C10H9N3O3. The number of nitrogens with two attached hydrogens (primary N) is 1. The van der Waals surface area contributed by atoms with Crippen LogP contribution >= 0.6 is 0 Å². The molecule has 0 spiro atoms. The number of carboxylic acid groups (broad SMARTS) is 1. The van der Waals surface area contributed by atoms with Gasteiger partial charge in [-0.1, -0.05) is 12.1 Å². The van der Waals surface area contributed by atoms with E-state index in [2.05, 4.69) is 5.10 Å². The number of carboxylic acids is 1.